The Kier molecular flexibility index (Phi) is 5.74. The van der Waals surface area contributed by atoms with E-state index in [2.05, 4.69) is 4.99 Å². The van der Waals surface area contributed by atoms with Gasteiger partial charge in [0.1, 0.15) is 6.10 Å². The standard InChI is InChI=1S/C12H13NO4S/c1-8(15)18-6-11(16)12(17)9-4-2-3-5-10(9)13-7-14/h2-5,11-12,16-17H,6H2,1H3. The molecular weight excluding hydrogens is 254 g/mol. The Morgan fingerprint density at radius 2 is 2.11 bits per heavy atom. The molecule has 0 aliphatic rings. The zero-order valence-electron chi connectivity index (χ0n) is 9.74. The Bertz CT molecular complexity index is 471. The van der Waals surface area contributed by atoms with Gasteiger partial charge < -0.3 is 10.2 Å². The fourth-order valence-electron chi connectivity index (χ4n) is 1.39. The Labute approximate surface area is 109 Å². The lowest BCUT2D eigenvalue weighted by atomic mass is 10.0. The van der Waals surface area contributed by atoms with Crippen LogP contribution in [0.5, 0.6) is 0 Å². The Balaban J connectivity index is 2.85. The zero-order chi connectivity index (χ0) is 13.5. The van der Waals surface area contributed by atoms with Crippen molar-refractivity contribution < 1.29 is 19.8 Å². The molecule has 2 atom stereocenters. The normalized spacial score (nSPS) is 13.5. The number of carbonyl (C=O) groups excluding carboxylic acids is 2. The number of para-hydroxylation sites is 1. The first-order chi connectivity index (χ1) is 8.56. The van der Waals surface area contributed by atoms with E-state index >= 15 is 0 Å². The summed E-state index contributed by atoms with van der Waals surface area (Å²) in [5.74, 6) is 0.0790. The van der Waals surface area contributed by atoms with Gasteiger partial charge in [-0.3, -0.25) is 4.79 Å². The molecule has 1 aromatic carbocycles. The first-order valence-corrected chi connectivity index (χ1v) is 6.21. The quantitative estimate of drug-likeness (QED) is 0.620. The summed E-state index contributed by atoms with van der Waals surface area (Å²) in [5, 5.41) is 19.6. The van der Waals surface area contributed by atoms with Crippen LogP contribution < -0.4 is 0 Å². The largest absolute Gasteiger partial charge is 0.389 e. The van der Waals surface area contributed by atoms with Gasteiger partial charge in [0.2, 0.25) is 6.08 Å². The predicted molar refractivity (Wildman–Crippen MR) is 68.3 cm³/mol. The third-order valence-electron chi connectivity index (χ3n) is 2.24. The molecule has 0 fully saturated rings. The molecule has 2 N–H and O–H groups in total. The summed E-state index contributed by atoms with van der Waals surface area (Å²) in [5.41, 5.74) is 0.587. The number of aliphatic hydroxyl groups is 2. The molecule has 96 valence electrons. The van der Waals surface area contributed by atoms with Crippen molar-refractivity contribution in [3.05, 3.63) is 29.8 Å². The average Bonchev–Trinajstić information content (AvgIpc) is 2.36. The second-order valence-corrected chi connectivity index (χ2v) is 4.77. The van der Waals surface area contributed by atoms with Gasteiger partial charge in [-0.25, -0.2) is 4.79 Å². The summed E-state index contributed by atoms with van der Waals surface area (Å²) in [6.07, 6.45) is -0.922. The maximum Gasteiger partial charge on any atom is 0.240 e. The number of benzene rings is 1. The van der Waals surface area contributed by atoms with E-state index in [9.17, 15) is 19.8 Å². The Morgan fingerprint density at radius 3 is 2.72 bits per heavy atom. The zero-order valence-corrected chi connectivity index (χ0v) is 10.6. The summed E-state index contributed by atoms with van der Waals surface area (Å²) in [4.78, 5) is 24.5. The van der Waals surface area contributed by atoms with Crippen molar-refractivity contribution in [1.82, 2.24) is 0 Å². The van der Waals surface area contributed by atoms with Gasteiger partial charge in [0.15, 0.2) is 5.12 Å². The minimum absolute atomic E-state index is 0.0790. The second-order valence-electron chi connectivity index (χ2n) is 3.58. The molecule has 0 aromatic heterocycles. The second kappa shape index (κ2) is 7.08. The lowest BCUT2D eigenvalue weighted by molar-refractivity contribution is -0.109. The first kappa shape index (κ1) is 14.6. The van der Waals surface area contributed by atoms with Gasteiger partial charge in [0, 0.05) is 18.2 Å². The highest BCUT2D eigenvalue weighted by atomic mass is 32.2. The maximum atomic E-state index is 10.8. The van der Waals surface area contributed by atoms with E-state index in [0.29, 0.717) is 5.56 Å². The molecule has 0 saturated carbocycles. The summed E-state index contributed by atoms with van der Waals surface area (Å²) in [6, 6.07) is 6.41. The molecule has 2 unspecified atom stereocenters. The van der Waals surface area contributed by atoms with E-state index in [0.717, 1.165) is 11.8 Å². The Hall–Kier alpha value is -1.46. The van der Waals surface area contributed by atoms with Crippen molar-refractivity contribution in [2.24, 2.45) is 4.99 Å². The minimum Gasteiger partial charge on any atom is -0.389 e. The van der Waals surface area contributed by atoms with Gasteiger partial charge in [-0.05, 0) is 6.07 Å². The molecule has 0 aliphatic heterocycles. The predicted octanol–water partition coefficient (Wildman–Crippen LogP) is 1.33. The fraction of sp³-hybridized carbons (Fsp3) is 0.333. The van der Waals surface area contributed by atoms with Crippen molar-refractivity contribution in [3.63, 3.8) is 0 Å². The smallest absolute Gasteiger partial charge is 0.240 e. The summed E-state index contributed by atoms with van der Waals surface area (Å²) < 4.78 is 0. The number of isocyanates is 1. The van der Waals surface area contributed by atoms with Crippen LogP contribution in [0.25, 0.3) is 0 Å². The minimum atomic E-state index is -1.20. The fourth-order valence-corrected chi connectivity index (χ4v) is 1.98. The van der Waals surface area contributed by atoms with Crippen LogP contribution in [-0.2, 0) is 9.59 Å². The molecule has 0 radical (unpaired) electrons. The summed E-state index contributed by atoms with van der Waals surface area (Å²) in [6.45, 7) is 1.38. The lowest BCUT2D eigenvalue weighted by Crippen LogP contribution is -2.21. The Morgan fingerprint density at radius 1 is 1.44 bits per heavy atom. The number of carbonyl (C=O) groups is 1. The lowest BCUT2D eigenvalue weighted by Gasteiger charge is -2.18. The third kappa shape index (κ3) is 4.09. The van der Waals surface area contributed by atoms with Crippen LogP contribution in [-0.4, -0.2) is 33.3 Å². The van der Waals surface area contributed by atoms with Crippen molar-refractivity contribution in [2.75, 3.05) is 5.75 Å². The van der Waals surface area contributed by atoms with Gasteiger partial charge in [0.05, 0.1) is 11.8 Å². The number of rotatable bonds is 5. The molecule has 1 rings (SSSR count). The van der Waals surface area contributed by atoms with E-state index in [1.54, 1.807) is 18.2 Å². The molecule has 0 bridgehead atoms. The highest BCUT2D eigenvalue weighted by Crippen LogP contribution is 2.28. The highest BCUT2D eigenvalue weighted by Gasteiger charge is 2.21. The van der Waals surface area contributed by atoms with Gasteiger partial charge in [-0.15, -0.1) is 0 Å². The number of thioether (sulfide) groups is 1. The molecule has 1 aromatic rings. The van der Waals surface area contributed by atoms with Crippen LogP contribution in [0.1, 0.15) is 18.6 Å². The van der Waals surface area contributed by atoms with Crippen molar-refractivity contribution >= 4 is 28.6 Å². The van der Waals surface area contributed by atoms with E-state index in [4.69, 9.17) is 0 Å². The highest BCUT2D eigenvalue weighted by molar-refractivity contribution is 8.13. The van der Waals surface area contributed by atoms with E-state index in [1.807, 2.05) is 0 Å². The molecule has 6 heteroatoms. The van der Waals surface area contributed by atoms with Gasteiger partial charge in [0.25, 0.3) is 0 Å². The molecule has 0 saturated heterocycles. The molecule has 0 aliphatic carbocycles. The van der Waals surface area contributed by atoms with Gasteiger partial charge in [-0.2, -0.15) is 4.99 Å². The van der Waals surface area contributed by atoms with E-state index in [-0.39, 0.29) is 16.6 Å². The number of nitrogens with zero attached hydrogens (tertiary/aromatic N) is 1. The van der Waals surface area contributed by atoms with Crippen LogP contribution in [0, 0.1) is 0 Å². The first-order valence-electron chi connectivity index (χ1n) is 5.22. The van der Waals surface area contributed by atoms with Crippen LogP contribution in [0.4, 0.5) is 5.69 Å². The summed E-state index contributed by atoms with van der Waals surface area (Å²) in [7, 11) is 0. The van der Waals surface area contributed by atoms with E-state index in [1.165, 1.54) is 19.1 Å². The van der Waals surface area contributed by atoms with Crippen molar-refractivity contribution in [1.29, 1.82) is 0 Å². The monoisotopic (exact) mass is 267 g/mol. The molecule has 0 spiro atoms. The van der Waals surface area contributed by atoms with Crippen LogP contribution in [0.2, 0.25) is 0 Å². The molecule has 5 nitrogen and oxygen atoms in total. The third-order valence-corrected chi connectivity index (χ3v) is 3.16. The van der Waals surface area contributed by atoms with Gasteiger partial charge >= 0.3 is 0 Å². The topological polar surface area (TPSA) is 87.0 Å². The molecular formula is C12H13NO4S. The van der Waals surface area contributed by atoms with Crippen LogP contribution >= 0.6 is 11.8 Å². The van der Waals surface area contributed by atoms with Crippen LogP contribution in [0.15, 0.2) is 29.3 Å². The maximum absolute atomic E-state index is 10.8. The van der Waals surface area contributed by atoms with Gasteiger partial charge in [-0.1, -0.05) is 30.0 Å². The molecule has 0 heterocycles. The van der Waals surface area contributed by atoms with Crippen molar-refractivity contribution in [2.45, 2.75) is 19.1 Å². The van der Waals surface area contributed by atoms with E-state index < -0.39 is 12.2 Å². The van der Waals surface area contributed by atoms with Crippen molar-refractivity contribution in [3.8, 4) is 0 Å². The SMILES string of the molecule is CC(=O)SCC(O)C(O)c1ccccc1N=C=O. The number of aliphatic imine (C=N–C) groups is 1. The number of aliphatic hydroxyl groups excluding tert-OH is 2. The molecule has 18 heavy (non-hydrogen) atoms. The summed E-state index contributed by atoms with van der Waals surface area (Å²) >= 11 is 0.925. The molecule has 0 amide bonds. The average molecular weight is 267 g/mol. The number of hydrogen-bond acceptors (Lipinski definition) is 6. The number of hydrogen-bond donors (Lipinski definition) is 2. The van der Waals surface area contributed by atoms with Crippen LogP contribution in [0.3, 0.4) is 0 Å².